The van der Waals surface area contributed by atoms with Crippen molar-refractivity contribution in [2.75, 3.05) is 49.6 Å². The molecule has 30 heavy (non-hydrogen) atoms. The molecule has 0 spiro atoms. The molecular formula is C23H28N6O. The molecule has 3 saturated heterocycles. The van der Waals surface area contributed by atoms with Gasteiger partial charge in [0.2, 0.25) is 0 Å². The second-order valence-corrected chi connectivity index (χ2v) is 8.51. The maximum Gasteiger partial charge on any atom is 0.134 e. The van der Waals surface area contributed by atoms with E-state index in [-0.39, 0.29) is 0 Å². The van der Waals surface area contributed by atoms with Crippen molar-refractivity contribution < 1.29 is 4.74 Å². The van der Waals surface area contributed by atoms with Crippen molar-refractivity contribution in [3.05, 3.63) is 41.6 Å². The predicted octanol–water partition coefficient (Wildman–Crippen LogP) is 3.27. The maximum atomic E-state index is 9.17. The van der Waals surface area contributed by atoms with Crippen molar-refractivity contribution in [1.82, 2.24) is 14.9 Å². The normalized spacial score (nSPS) is 20.7. The Hall–Kier alpha value is -2.69. The molecule has 2 aromatic rings. The number of likely N-dealkylation sites (tertiary alicyclic amines) is 1. The summed E-state index contributed by atoms with van der Waals surface area (Å²) in [4.78, 5) is 14.2. The number of nitrogens with one attached hydrogen (secondary N) is 1. The first-order chi connectivity index (χ1) is 14.8. The van der Waals surface area contributed by atoms with Crippen molar-refractivity contribution in [3.8, 4) is 6.07 Å². The third kappa shape index (κ3) is 4.11. The number of nitrogens with zero attached hydrogens (tertiary/aromatic N) is 5. The van der Waals surface area contributed by atoms with Crippen LogP contribution in [0.4, 0.5) is 17.5 Å². The lowest BCUT2D eigenvalue weighted by Gasteiger charge is -2.41. The number of ether oxygens (including phenoxy) is 1. The molecule has 1 N–H and O–H groups in total. The summed E-state index contributed by atoms with van der Waals surface area (Å²) in [6.07, 6.45) is 6.44. The van der Waals surface area contributed by atoms with E-state index < -0.39 is 0 Å². The summed E-state index contributed by atoms with van der Waals surface area (Å²) in [5, 5.41) is 12.5. The van der Waals surface area contributed by atoms with Crippen LogP contribution < -0.4 is 10.2 Å². The van der Waals surface area contributed by atoms with Gasteiger partial charge < -0.3 is 15.0 Å². The zero-order chi connectivity index (χ0) is 20.3. The number of rotatable bonds is 5. The topological polar surface area (TPSA) is 77.3 Å². The average molecular weight is 405 g/mol. The summed E-state index contributed by atoms with van der Waals surface area (Å²) in [6.45, 7) is 6.18. The molecule has 2 aromatic heterocycles. The van der Waals surface area contributed by atoms with Crippen LogP contribution in [0.5, 0.6) is 0 Å². The first-order valence-electron chi connectivity index (χ1n) is 11.0. The van der Waals surface area contributed by atoms with Gasteiger partial charge in [0.15, 0.2) is 0 Å². The Morgan fingerprint density at radius 2 is 1.83 bits per heavy atom. The molecule has 0 saturated carbocycles. The standard InChI is InChI=1S/C23H28N6O/c24-14-17-3-6-25-21(11-17)26-22-12-19(13-23(27-22)29-7-1-2-8-29)18-4-9-28(10-5-18)20-15-30-16-20/h3,6,11-13,18,20H,1-2,4-5,7-10,15-16H2,(H,25,26,27). The average Bonchev–Trinajstić information content (AvgIpc) is 3.28. The van der Waals surface area contributed by atoms with Gasteiger partial charge in [-0.2, -0.15) is 5.26 Å². The molecule has 0 unspecified atom stereocenters. The molecule has 0 bridgehead atoms. The van der Waals surface area contributed by atoms with Gasteiger partial charge in [-0.05, 0) is 74.5 Å². The number of anilines is 3. The van der Waals surface area contributed by atoms with Crippen LogP contribution in [0.2, 0.25) is 0 Å². The molecule has 0 aromatic carbocycles. The van der Waals surface area contributed by atoms with Gasteiger partial charge in [-0.1, -0.05) is 0 Å². The van der Waals surface area contributed by atoms with E-state index in [9.17, 15) is 5.26 Å². The summed E-state index contributed by atoms with van der Waals surface area (Å²) in [7, 11) is 0. The van der Waals surface area contributed by atoms with Crippen LogP contribution in [0, 0.1) is 11.3 Å². The second kappa shape index (κ2) is 8.58. The SMILES string of the molecule is N#Cc1ccnc(Nc2cc(C3CCN(C4COC4)CC3)cc(N3CCCC3)n2)c1. The first-order valence-corrected chi connectivity index (χ1v) is 11.0. The summed E-state index contributed by atoms with van der Waals surface area (Å²) in [6, 6.07) is 10.7. The Morgan fingerprint density at radius 1 is 1.03 bits per heavy atom. The van der Waals surface area contributed by atoms with Gasteiger partial charge in [0.1, 0.15) is 17.5 Å². The Balaban J connectivity index is 1.38. The zero-order valence-electron chi connectivity index (χ0n) is 17.3. The van der Waals surface area contributed by atoms with Gasteiger partial charge in [0.05, 0.1) is 30.9 Å². The van der Waals surface area contributed by atoms with Crippen molar-refractivity contribution in [2.45, 2.75) is 37.6 Å². The van der Waals surface area contributed by atoms with Gasteiger partial charge in [-0.25, -0.2) is 9.97 Å². The van der Waals surface area contributed by atoms with Crippen LogP contribution in [-0.4, -0.2) is 60.3 Å². The molecule has 5 rings (SSSR count). The molecule has 3 aliphatic rings. The van der Waals surface area contributed by atoms with Gasteiger partial charge in [0, 0.05) is 19.3 Å². The van der Waals surface area contributed by atoms with Crippen molar-refractivity contribution in [3.63, 3.8) is 0 Å². The molecule has 7 nitrogen and oxygen atoms in total. The maximum absolute atomic E-state index is 9.17. The van der Waals surface area contributed by atoms with E-state index in [0.29, 0.717) is 23.3 Å². The lowest BCUT2D eigenvalue weighted by atomic mass is 9.89. The highest BCUT2D eigenvalue weighted by Gasteiger charge is 2.30. The Kier molecular flexibility index (Phi) is 5.52. The van der Waals surface area contributed by atoms with Crippen molar-refractivity contribution in [2.24, 2.45) is 0 Å². The summed E-state index contributed by atoms with van der Waals surface area (Å²) in [5.74, 6) is 3.07. The molecule has 0 amide bonds. The van der Waals surface area contributed by atoms with Gasteiger partial charge in [0.25, 0.3) is 0 Å². The van der Waals surface area contributed by atoms with E-state index in [1.807, 2.05) is 0 Å². The highest BCUT2D eigenvalue weighted by atomic mass is 16.5. The van der Waals surface area contributed by atoms with Crippen LogP contribution in [0.25, 0.3) is 0 Å². The number of hydrogen-bond acceptors (Lipinski definition) is 7. The lowest BCUT2D eigenvalue weighted by molar-refractivity contribution is -0.0712. The Bertz CT molecular complexity index is 924. The number of hydrogen-bond donors (Lipinski definition) is 1. The number of nitriles is 1. The minimum atomic E-state index is 0.547. The van der Waals surface area contributed by atoms with E-state index in [2.05, 4.69) is 38.3 Å². The third-order valence-electron chi connectivity index (χ3n) is 6.55. The molecule has 7 heteroatoms. The molecular weight excluding hydrogens is 376 g/mol. The molecule has 0 atom stereocenters. The highest BCUT2D eigenvalue weighted by Crippen LogP contribution is 2.34. The second-order valence-electron chi connectivity index (χ2n) is 8.51. The van der Waals surface area contributed by atoms with E-state index in [0.717, 1.165) is 51.0 Å². The number of pyridine rings is 2. The zero-order valence-corrected chi connectivity index (χ0v) is 17.3. The molecule has 3 fully saturated rings. The fraction of sp³-hybridized carbons (Fsp3) is 0.522. The first kappa shape index (κ1) is 19.3. The predicted molar refractivity (Wildman–Crippen MR) is 116 cm³/mol. The van der Waals surface area contributed by atoms with Crippen LogP contribution in [0.15, 0.2) is 30.5 Å². The largest absolute Gasteiger partial charge is 0.378 e. The van der Waals surface area contributed by atoms with E-state index in [1.54, 1.807) is 18.3 Å². The lowest BCUT2D eigenvalue weighted by Crippen LogP contribution is -2.51. The summed E-state index contributed by atoms with van der Waals surface area (Å²) in [5.41, 5.74) is 1.95. The molecule has 0 radical (unpaired) electrons. The molecule has 3 aliphatic heterocycles. The number of piperidine rings is 1. The van der Waals surface area contributed by atoms with Crippen LogP contribution in [0.3, 0.4) is 0 Å². The Morgan fingerprint density at radius 3 is 2.53 bits per heavy atom. The van der Waals surface area contributed by atoms with Crippen molar-refractivity contribution in [1.29, 1.82) is 5.26 Å². The van der Waals surface area contributed by atoms with Crippen LogP contribution in [0.1, 0.15) is 42.7 Å². The van der Waals surface area contributed by atoms with Gasteiger partial charge >= 0.3 is 0 Å². The van der Waals surface area contributed by atoms with Gasteiger partial charge in [-0.3, -0.25) is 4.90 Å². The molecule has 0 aliphatic carbocycles. The van der Waals surface area contributed by atoms with E-state index in [1.165, 1.54) is 31.2 Å². The van der Waals surface area contributed by atoms with E-state index in [4.69, 9.17) is 9.72 Å². The third-order valence-corrected chi connectivity index (χ3v) is 6.55. The van der Waals surface area contributed by atoms with Crippen molar-refractivity contribution >= 4 is 17.5 Å². The number of aromatic nitrogens is 2. The minimum Gasteiger partial charge on any atom is -0.378 e. The van der Waals surface area contributed by atoms with Crippen LogP contribution >= 0.6 is 0 Å². The minimum absolute atomic E-state index is 0.547. The molecule has 5 heterocycles. The highest BCUT2D eigenvalue weighted by molar-refractivity contribution is 5.59. The smallest absolute Gasteiger partial charge is 0.134 e. The fourth-order valence-electron chi connectivity index (χ4n) is 4.68. The summed E-state index contributed by atoms with van der Waals surface area (Å²) < 4.78 is 5.37. The fourth-order valence-corrected chi connectivity index (χ4v) is 4.68. The Labute approximate surface area is 177 Å². The summed E-state index contributed by atoms with van der Waals surface area (Å²) >= 11 is 0. The quantitative estimate of drug-likeness (QED) is 0.819. The molecule has 156 valence electrons. The van der Waals surface area contributed by atoms with E-state index >= 15 is 0 Å². The monoisotopic (exact) mass is 404 g/mol. The van der Waals surface area contributed by atoms with Gasteiger partial charge in [-0.15, -0.1) is 0 Å². The van der Waals surface area contributed by atoms with Crippen LogP contribution in [-0.2, 0) is 4.74 Å².